The van der Waals surface area contributed by atoms with Gasteiger partial charge in [0.05, 0.1) is 22.5 Å². The van der Waals surface area contributed by atoms with Crippen LogP contribution in [0, 0.1) is 29.6 Å². The highest BCUT2D eigenvalue weighted by Crippen LogP contribution is 2.68. The molecule has 3 heterocycles. The third kappa shape index (κ3) is 3.58. The van der Waals surface area contributed by atoms with Gasteiger partial charge in [-0.3, -0.25) is 19.3 Å². The van der Waals surface area contributed by atoms with E-state index in [1.54, 1.807) is 11.8 Å². The molecule has 0 unspecified atom stereocenters. The maximum Gasteiger partial charge on any atom is 0.305 e. The average molecular weight is 567 g/mol. The number of hydrogen-bond acceptors (Lipinski definition) is 6. The van der Waals surface area contributed by atoms with Crippen molar-refractivity contribution in [2.24, 2.45) is 29.6 Å². The fraction of sp³-hybridized carbons (Fsp3) is 0.281. The number of nitrogens with zero attached hydrogens (tertiary/aromatic N) is 1. The van der Waals surface area contributed by atoms with Gasteiger partial charge in [-0.2, -0.15) is 0 Å². The van der Waals surface area contributed by atoms with Gasteiger partial charge in [-0.05, 0) is 59.6 Å². The SMILES string of the molecule is O=C1[C@H]2[C@H]3C[C@@H]([C@@H]2C(=O)N1c1ccccc1)[C@H]1[C@H](c2cccc(OCc4ccccc4)c2)c2sc(=O)[nH]c2S[C@H]31. The number of benzene rings is 3. The normalized spacial score (nSPS) is 29.8. The molecule has 1 N–H and O–H groups in total. The highest BCUT2D eigenvalue weighted by Gasteiger charge is 2.69. The number of H-pyrrole nitrogens is 1. The highest BCUT2D eigenvalue weighted by atomic mass is 32.2. The first-order valence-corrected chi connectivity index (χ1v) is 15.4. The number of ether oxygens (including phenoxy) is 1. The Kier molecular flexibility index (Phi) is 5.57. The number of aromatic nitrogens is 1. The van der Waals surface area contributed by atoms with E-state index in [1.165, 1.54) is 16.2 Å². The van der Waals surface area contributed by atoms with Gasteiger partial charge in [0.15, 0.2) is 0 Å². The number of imide groups is 1. The van der Waals surface area contributed by atoms with Crippen molar-refractivity contribution in [2.45, 2.75) is 29.2 Å². The van der Waals surface area contributed by atoms with Gasteiger partial charge in [0, 0.05) is 16.0 Å². The number of hydrogen-bond donors (Lipinski definition) is 1. The zero-order chi connectivity index (χ0) is 27.0. The van der Waals surface area contributed by atoms with Crippen molar-refractivity contribution in [3.05, 3.63) is 111 Å². The van der Waals surface area contributed by atoms with E-state index < -0.39 is 0 Å². The van der Waals surface area contributed by atoms with E-state index in [2.05, 4.69) is 17.1 Å². The van der Waals surface area contributed by atoms with Gasteiger partial charge in [0.2, 0.25) is 11.8 Å². The molecule has 0 spiro atoms. The number of fused-ring (bicyclic) bond motifs is 9. The fourth-order valence-electron chi connectivity index (χ4n) is 7.76. The zero-order valence-corrected chi connectivity index (χ0v) is 23.1. The number of thiazole rings is 1. The Morgan fingerprint density at radius 3 is 2.35 bits per heavy atom. The van der Waals surface area contributed by atoms with E-state index in [4.69, 9.17) is 4.74 Å². The van der Waals surface area contributed by atoms with Crippen molar-refractivity contribution in [1.82, 2.24) is 4.98 Å². The molecule has 0 radical (unpaired) electrons. The Bertz CT molecular complexity index is 1680. The second kappa shape index (κ2) is 9.21. The van der Waals surface area contributed by atoms with Crippen LogP contribution >= 0.6 is 23.1 Å². The van der Waals surface area contributed by atoms with Gasteiger partial charge in [-0.25, -0.2) is 0 Å². The van der Waals surface area contributed by atoms with Crippen LogP contribution in [-0.2, 0) is 16.2 Å². The van der Waals surface area contributed by atoms with E-state index >= 15 is 0 Å². The number of anilines is 1. The maximum atomic E-state index is 13.9. The number of para-hydroxylation sites is 1. The molecule has 1 saturated heterocycles. The lowest BCUT2D eigenvalue weighted by Gasteiger charge is -2.43. The zero-order valence-electron chi connectivity index (χ0n) is 21.4. The molecule has 2 amide bonds. The van der Waals surface area contributed by atoms with Crippen LogP contribution in [0.25, 0.3) is 0 Å². The maximum absolute atomic E-state index is 13.9. The van der Waals surface area contributed by atoms with E-state index in [9.17, 15) is 14.4 Å². The predicted octanol–water partition coefficient (Wildman–Crippen LogP) is 5.69. The monoisotopic (exact) mass is 566 g/mol. The third-order valence-corrected chi connectivity index (χ3v) is 11.8. The van der Waals surface area contributed by atoms with Crippen LogP contribution in [0.5, 0.6) is 5.75 Å². The molecule has 7 atom stereocenters. The number of carbonyl (C=O) groups excluding carboxylic acids is 2. The molecule has 200 valence electrons. The van der Waals surface area contributed by atoms with E-state index in [-0.39, 0.29) is 57.4 Å². The van der Waals surface area contributed by atoms with Crippen molar-refractivity contribution in [3.8, 4) is 5.75 Å². The molecule has 2 aliphatic heterocycles. The topological polar surface area (TPSA) is 79.5 Å². The van der Waals surface area contributed by atoms with Crippen molar-refractivity contribution >= 4 is 40.6 Å². The first-order chi connectivity index (χ1) is 19.6. The largest absolute Gasteiger partial charge is 0.489 e. The number of rotatable bonds is 5. The second-order valence-corrected chi connectivity index (χ2v) is 13.4. The summed E-state index contributed by atoms with van der Waals surface area (Å²) in [6.45, 7) is 0.472. The van der Waals surface area contributed by atoms with Gasteiger partial charge >= 0.3 is 4.87 Å². The minimum Gasteiger partial charge on any atom is -0.489 e. The van der Waals surface area contributed by atoms with Gasteiger partial charge in [0.25, 0.3) is 0 Å². The molecule has 4 aliphatic rings. The molecule has 2 aliphatic carbocycles. The summed E-state index contributed by atoms with van der Waals surface area (Å²) < 4.78 is 6.18. The predicted molar refractivity (Wildman–Crippen MR) is 155 cm³/mol. The lowest BCUT2D eigenvalue weighted by molar-refractivity contribution is -0.123. The van der Waals surface area contributed by atoms with Crippen molar-refractivity contribution < 1.29 is 14.3 Å². The van der Waals surface area contributed by atoms with Crippen LogP contribution < -0.4 is 14.5 Å². The van der Waals surface area contributed by atoms with Crippen LogP contribution in [0.3, 0.4) is 0 Å². The number of carbonyl (C=O) groups is 2. The number of amides is 2. The molecule has 40 heavy (non-hydrogen) atoms. The minimum atomic E-state index is -0.309. The smallest absolute Gasteiger partial charge is 0.305 e. The fourth-order valence-corrected chi connectivity index (χ4v) is 10.6. The number of aromatic amines is 1. The summed E-state index contributed by atoms with van der Waals surface area (Å²) >= 11 is 2.99. The van der Waals surface area contributed by atoms with Gasteiger partial charge in [0.1, 0.15) is 12.4 Å². The van der Waals surface area contributed by atoms with E-state index in [0.717, 1.165) is 33.2 Å². The lowest BCUT2D eigenvalue weighted by atomic mass is 9.68. The van der Waals surface area contributed by atoms with Crippen LogP contribution in [0.1, 0.15) is 28.3 Å². The summed E-state index contributed by atoms with van der Waals surface area (Å²) in [5.74, 6) is 0.366. The first kappa shape index (κ1) is 24.2. The number of thioether (sulfide) groups is 1. The molecule has 8 rings (SSSR count). The summed E-state index contributed by atoms with van der Waals surface area (Å²) in [5.41, 5.74) is 2.85. The van der Waals surface area contributed by atoms with Crippen LogP contribution in [0.4, 0.5) is 5.69 Å². The molecule has 4 aromatic rings. The molecular weight excluding hydrogens is 540 g/mol. The summed E-state index contributed by atoms with van der Waals surface area (Å²) in [4.78, 5) is 45.6. The average Bonchev–Trinajstić information content (AvgIpc) is 3.72. The van der Waals surface area contributed by atoms with Gasteiger partial charge < -0.3 is 9.72 Å². The molecule has 2 bridgehead atoms. The van der Waals surface area contributed by atoms with Crippen LogP contribution in [-0.4, -0.2) is 22.0 Å². The Morgan fingerprint density at radius 2 is 1.57 bits per heavy atom. The summed E-state index contributed by atoms with van der Waals surface area (Å²) in [6, 6.07) is 27.6. The Hall–Kier alpha value is -3.62. The first-order valence-electron chi connectivity index (χ1n) is 13.7. The van der Waals surface area contributed by atoms with E-state index in [1.807, 2.05) is 72.8 Å². The molecule has 1 aromatic heterocycles. The molecule has 2 saturated carbocycles. The van der Waals surface area contributed by atoms with Crippen molar-refractivity contribution in [2.75, 3.05) is 4.90 Å². The molecule has 8 heteroatoms. The Balaban J connectivity index is 1.16. The summed E-state index contributed by atoms with van der Waals surface area (Å²) in [5, 5.41) is 1.08. The highest BCUT2D eigenvalue weighted by molar-refractivity contribution is 8.00. The molecular formula is C32H26N2O4S2. The second-order valence-electron chi connectivity index (χ2n) is 11.2. The van der Waals surface area contributed by atoms with Crippen LogP contribution in [0.15, 0.2) is 94.7 Å². The van der Waals surface area contributed by atoms with Gasteiger partial charge in [-0.1, -0.05) is 72.0 Å². The standard InChI is InChI=1S/C32H26N2O4S2/c35-30-25-21-15-22(26(25)31(36)34(30)19-11-5-2-6-12-19)27-24(21)23(28-29(39-27)33-32(37)40-28)18-10-7-13-20(14-18)38-16-17-8-3-1-4-9-17/h1-14,21-27H,15-16H2,(H,33,37)/t21-,22-,23+,24+,25+,26+,27-/m1/s1. The Morgan fingerprint density at radius 1 is 0.850 bits per heavy atom. The van der Waals surface area contributed by atoms with Crippen molar-refractivity contribution in [1.29, 1.82) is 0 Å². The molecule has 6 nitrogen and oxygen atoms in total. The van der Waals surface area contributed by atoms with Gasteiger partial charge in [-0.15, -0.1) is 11.8 Å². The third-order valence-electron chi connectivity index (χ3n) is 9.20. The summed E-state index contributed by atoms with van der Waals surface area (Å²) in [7, 11) is 0. The van der Waals surface area contributed by atoms with Crippen LogP contribution in [0.2, 0.25) is 0 Å². The summed E-state index contributed by atoms with van der Waals surface area (Å²) in [6.07, 6.45) is 0.873. The van der Waals surface area contributed by atoms with Crippen molar-refractivity contribution in [3.63, 3.8) is 0 Å². The minimum absolute atomic E-state index is 0.0323. The lowest BCUT2D eigenvalue weighted by Crippen LogP contribution is -2.42. The molecule has 3 aromatic carbocycles. The molecule has 3 fully saturated rings. The quantitative estimate of drug-likeness (QED) is 0.314. The Labute approximate surface area is 239 Å². The number of nitrogens with one attached hydrogen (secondary N) is 1. The van der Waals surface area contributed by atoms with E-state index in [0.29, 0.717) is 12.3 Å².